The summed E-state index contributed by atoms with van der Waals surface area (Å²) >= 11 is 0. The first-order valence-electron chi connectivity index (χ1n) is 8.03. The van der Waals surface area contributed by atoms with E-state index >= 15 is 0 Å². The fraction of sp³-hybridized carbons (Fsp3) is 0.200. The summed E-state index contributed by atoms with van der Waals surface area (Å²) in [6.45, 7) is 3.73. The highest BCUT2D eigenvalue weighted by Crippen LogP contribution is 2.24. The largest absolute Gasteiger partial charge is 0.496 e. The van der Waals surface area contributed by atoms with Crippen LogP contribution >= 0.6 is 0 Å². The van der Waals surface area contributed by atoms with Gasteiger partial charge in [0.25, 0.3) is 0 Å². The number of hydrazone groups is 1. The number of rotatable bonds is 5. The number of para-hydroxylation sites is 2. The van der Waals surface area contributed by atoms with Crippen molar-refractivity contribution in [3.63, 3.8) is 0 Å². The molecule has 0 bridgehead atoms. The molecule has 25 heavy (non-hydrogen) atoms. The van der Waals surface area contributed by atoms with Gasteiger partial charge in [0.2, 0.25) is 0 Å². The number of hydrogen-bond acceptors (Lipinski definition) is 4. The highest BCUT2D eigenvalue weighted by Gasteiger charge is 2.17. The molecule has 1 N–H and O–H groups in total. The van der Waals surface area contributed by atoms with Crippen molar-refractivity contribution in [2.24, 2.45) is 5.10 Å². The number of ether oxygens (including phenoxy) is 1. The van der Waals surface area contributed by atoms with Crippen molar-refractivity contribution in [1.82, 2.24) is 5.43 Å². The van der Waals surface area contributed by atoms with Gasteiger partial charge in [0.1, 0.15) is 11.3 Å². The fourth-order valence-corrected chi connectivity index (χ4v) is 2.75. The monoisotopic (exact) mass is 336 g/mol. The summed E-state index contributed by atoms with van der Waals surface area (Å²) in [5.41, 5.74) is 5.86. The molecule has 0 aliphatic rings. The summed E-state index contributed by atoms with van der Waals surface area (Å²) in [5, 5.41) is 5.12. The van der Waals surface area contributed by atoms with E-state index in [2.05, 4.69) is 10.5 Å². The lowest BCUT2D eigenvalue weighted by molar-refractivity contribution is 0.0928. The second kappa shape index (κ2) is 7.21. The lowest BCUT2D eigenvalue weighted by Crippen LogP contribution is -2.19. The zero-order valence-corrected chi connectivity index (χ0v) is 14.5. The van der Waals surface area contributed by atoms with Gasteiger partial charge < -0.3 is 9.15 Å². The first-order chi connectivity index (χ1) is 12.1. The molecule has 0 unspecified atom stereocenters. The number of fused-ring (bicyclic) bond motifs is 1. The molecular weight excluding hydrogens is 316 g/mol. The number of carbonyl (C=O) groups is 1. The number of nitrogens with zero attached hydrogens (tertiary/aromatic N) is 1. The predicted octanol–water partition coefficient (Wildman–Crippen LogP) is 4.10. The Balaban J connectivity index is 1.74. The van der Waals surface area contributed by atoms with Crippen LogP contribution in [-0.2, 0) is 6.42 Å². The van der Waals surface area contributed by atoms with Crippen molar-refractivity contribution in [2.75, 3.05) is 7.11 Å². The summed E-state index contributed by atoms with van der Waals surface area (Å²) in [4.78, 5) is 12.4. The number of furan rings is 1. The van der Waals surface area contributed by atoms with Crippen molar-refractivity contribution in [3.05, 3.63) is 65.4 Å². The minimum absolute atomic E-state index is 0.287. The zero-order valence-electron chi connectivity index (χ0n) is 14.5. The first kappa shape index (κ1) is 16.8. The Morgan fingerprint density at radius 3 is 2.64 bits per heavy atom. The van der Waals surface area contributed by atoms with Gasteiger partial charge in [0, 0.05) is 23.1 Å². The summed E-state index contributed by atoms with van der Waals surface area (Å²) < 4.78 is 11.0. The van der Waals surface area contributed by atoms with Crippen LogP contribution in [0.15, 0.2) is 58.0 Å². The van der Waals surface area contributed by atoms with Crippen LogP contribution in [0.1, 0.15) is 28.6 Å². The van der Waals surface area contributed by atoms with Gasteiger partial charge in [-0.1, -0.05) is 36.4 Å². The van der Waals surface area contributed by atoms with Crippen LogP contribution in [0.25, 0.3) is 11.0 Å². The molecule has 0 saturated heterocycles. The quantitative estimate of drug-likeness (QED) is 0.563. The molecule has 2 aromatic carbocycles. The zero-order chi connectivity index (χ0) is 17.8. The smallest absolute Gasteiger partial charge is 0.307 e. The molecule has 128 valence electrons. The Hall–Kier alpha value is -3.08. The van der Waals surface area contributed by atoms with Gasteiger partial charge in [-0.3, -0.25) is 4.79 Å². The number of hydrogen-bond donors (Lipinski definition) is 1. The van der Waals surface area contributed by atoms with Crippen LogP contribution in [0.3, 0.4) is 0 Å². The number of benzene rings is 2. The minimum atomic E-state index is -0.354. The third-order valence-electron chi connectivity index (χ3n) is 4.04. The Kier molecular flexibility index (Phi) is 4.84. The van der Waals surface area contributed by atoms with E-state index in [-0.39, 0.29) is 11.7 Å². The Bertz CT molecular complexity index is 941. The molecule has 0 aliphatic heterocycles. The molecule has 0 spiro atoms. The molecular formula is C20H20N2O3. The van der Waals surface area contributed by atoms with E-state index < -0.39 is 0 Å². The lowest BCUT2D eigenvalue weighted by Gasteiger charge is -2.07. The van der Waals surface area contributed by atoms with Gasteiger partial charge in [0.15, 0.2) is 5.76 Å². The van der Waals surface area contributed by atoms with Crippen molar-refractivity contribution in [1.29, 1.82) is 0 Å². The number of methoxy groups -OCH3 is 1. The molecule has 1 amide bonds. The Labute approximate surface area is 146 Å². The van der Waals surface area contributed by atoms with Crippen molar-refractivity contribution >= 4 is 22.6 Å². The SMILES string of the molecule is COc1ccccc1C/C(C)=N\NC(=O)c1oc2ccccc2c1C. The molecule has 1 aromatic heterocycles. The van der Waals surface area contributed by atoms with Gasteiger partial charge in [-0.15, -0.1) is 0 Å². The van der Waals surface area contributed by atoms with E-state index in [1.807, 2.05) is 62.4 Å². The molecule has 0 aliphatic carbocycles. The topological polar surface area (TPSA) is 63.8 Å². The average Bonchev–Trinajstić information content (AvgIpc) is 2.97. The van der Waals surface area contributed by atoms with E-state index in [0.717, 1.165) is 28.0 Å². The fourth-order valence-electron chi connectivity index (χ4n) is 2.75. The van der Waals surface area contributed by atoms with E-state index in [1.165, 1.54) is 0 Å². The lowest BCUT2D eigenvalue weighted by atomic mass is 10.1. The number of amides is 1. The third-order valence-corrected chi connectivity index (χ3v) is 4.04. The van der Waals surface area contributed by atoms with Gasteiger partial charge in [-0.05, 0) is 31.5 Å². The number of nitrogens with one attached hydrogen (secondary N) is 1. The highest BCUT2D eigenvalue weighted by atomic mass is 16.5. The summed E-state index contributed by atoms with van der Waals surface area (Å²) in [5.74, 6) is 0.736. The Morgan fingerprint density at radius 1 is 1.16 bits per heavy atom. The molecule has 5 nitrogen and oxygen atoms in total. The standard InChI is InChI=1S/C20H20N2O3/c1-13(12-15-8-4-6-10-17(15)24-3)21-22-20(23)19-14(2)16-9-5-7-11-18(16)25-19/h4-11H,12H2,1-3H3,(H,22,23)/b21-13-. The summed E-state index contributed by atoms with van der Waals surface area (Å²) in [6.07, 6.45) is 0.587. The molecule has 0 radical (unpaired) electrons. The molecule has 0 atom stereocenters. The third kappa shape index (κ3) is 3.55. The molecule has 1 heterocycles. The van der Waals surface area contributed by atoms with Crippen LogP contribution in [0.4, 0.5) is 0 Å². The van der Waals surface area contributed by atoms with Crippen LogP contribution in [0, 0.1) is 6.92 Å². The highest BCUT2D eigenvalue weighted by molar-refractivity contribution is 5.99. The normalized spacial score (nSPS) is 11.6. The predicted molar refractivity (Wildman–Crippen MR) is 98.2 cm³/mol. The summed E-state index contributed by atoms with van der Waals surface area (Å²) in [6, 6.07) is 15.3. The summed E-state index contributed by atoms with van der Waals surface area (Å²) in [7, 11) is 1.64. The van der Waals surface area contributed by atoms with Crippen molar-refractivity contribution in [3.8, 4) is 5.75 Å². The van der Waals surface area contributed by atoms with Gasteiger partial charge in [-0.25, -0.2) is 5.43 Å². The Morgan fingerprint density at radius 2 is 1.88 bits per heavy atom. The second-order valence-electron chi connectivity index (χ2n) is 5.83. The van der Waals surface area contributed by atoms with Gasteiger partial charge >= 0.3 is 5.91 Å². The van der Waals surface area contributed by atoms with Crippen LogP contribution in [0.2, 0.25) is 0 Å². The number of aryl methyl sites for hydroxylation is 1. The van der Waals surface area contributed by atoms with Gasteiger partial charge in [-0.2, -0.15) is 5.10 Å². The van der Waals surface area contributed by atoms with Crippen LogP contribution < -0.4 is 10.2 Å². The van der Waals surface area contributed by atoms with Crippen molar-refractivity contribution < 1.29 is 13.9 Å². The maximum atomic E-state index is 12.4. The van der Waals surface area contributed by atoms with E-state index in [1.54, 1.807) is 7.11 Å². The number of carbonyl (C=O) groups excluding carboxylic acids is 1. The molecule has 0 saturated carbocycles. The maximum Gasteiger partial charge on any atom is 0.307 e. The molecule has 5 heteroatoms. The molecule has 3 rings (SSSR count). The minimum Gasteiger partial charge on any atom is -0.496 e. The van der Waals surface area contributed by atoms with Crippen molar-refractivity contribution in [2.45, 2.75) is 20.3 Å². The maximum absolute atomic E-state index is 12.4. The van der Waals surface area contributed by atoms with Crippen LogP contribution in [-0.4, -0.2) is 18.7 Å². The molecule has 3 aromatic rings. The first-order valence-corrected chi connectivity index (χ1v) is 8.03. The van der Waals surface area contributed by atoms with Gasteiger partial charge in [0.05, 0.1) is 7.11 Å². The average molecular weight is 336 g/mol. The molecule has 0 fully saturated rings. The van der Waals surface area contributed by atoms with E-state index in [9.17, 15) is 4.79 Å². The van der Waals surface area contributed by atoms with E-state index in [0.29, 0.717) is 12.0 Å². The van der Waals surface area contributed by atoms with Crippen LogP contribution in [0.5, 0.6) is 5.75 Å². The second-order valence-corrected chi connectivity index (χ2v) is 5.83. The van der Waals surface area contributed by atoms with E-state index in [4.69, 9.17) is 9.15 Å².